The van der Waals surface area contributed by atoms with Gasteiger partial charge in [0.1, 0.15) is 0 Å². The van der Waals surface area contributed by atoms with E-state index in [-0.39, 0.29) is 17.6 Å². The molecule has 2 nitrogen and oxygen atoms in total. The van der Waals surface area contributed by atoms with Crippen molar-refractivity contribution >= 4 is 17.9 Å². The summed E-state index contributed by atoms with van der Waals surface area (Å²) in [6, 6.07) is 36.8. The van der Waals surface area contributed by atoms with Crippen LogP contribution < -0.4 is 0 Å². The number of hydrogen-bond donors (Lipinski definition) is 1. The van der Waals surface area contributed by atoms with Crippen LogP contribution in [0.25, 0.3) is 12.2 Å². The molecule has 0 aliphatic heterocycles. The summed E-state index contributed by atoms with van der Waals surface area (Å²) < 4.78 is 0. The van der Waals surface area contributed by atoms with Gasteiger partial charge < -0.3 is 5.11 Å². The minimum absolute atomic E-state index is 0.0113. The zero-order valence-electron chi connectivity index (χ0n) is 22.0. The molecular weight excluding hydrogens is 464 g/mol. The molecule has 5 rings (SSSR count). The molecule has 1 aliphatic rings. The second-order valence-corrected chi connectivity index (χ2v) is 10.5. The van der Waals surface area contributed by atoms with Crippen LogP contribution in [0, 0.1) is 19.8 Å². The third-order valence-corrected chi connectivity index (χ3v) is 7.76. The van der Waals surface area contributed by atoms with Crippen molar-refractivity contribution in [1.29, 1.82) is 0 Å². The van der Waals surface area contributed by atoms with E-state index >= 15 is 0 Å². The van der Waals surface area contributed by atoms with Crippen molar-refractivity contribution in [2.45, 2.75) is 37.7 Å². The van der Waals surface area contributed by atoms with Crippen LogP contribution in [0.2, 0.25) is 0 Å². The predicted octanol–water partition coefficient (Wildman–Crippen LogP) is 7.92. The van der Waals surface area contributed by atoms with Gasteiger partial charge in [-0.15, -0.1) is 0 Å². The van der Waals surface area contributed by atoms with Crippen molar-refractivity contribution < 1.29 is 9.90 Å². The van der Waals surface area contributed by atoms with Crippen LogP contribution in [0.3, 0.4) is 0 Å². The highest BCUT2D eigenvalue weighted by molar-refractivity contribution is 5.97. The first-order chi connectivity index (χ1) is 18.4. The second-order valence-electron chi connectivity index (χ2n) is 10.5. The minimum atomic E-state index is -1.31. The van der Waals surface area contributed by atoms with E-state index < -0.39 is 11.5 Å². The molecule has 4 aromatic rings. The number of aryl methyl sites for hydroxylation is 2. The van der Waals surface area contributed by atoms with Gasteiger partial charge in [0.25, 0.3) is 0 Å². The molecule has 0 radical (unpaired) electrons. The Bertz CT molecular complexity index is 1420. The van der Waals surface area contributed by atoms with E-state index in [1.54, 1.807) is 6.08 Å². The fourth-order valence-electron chi connectivity index (χ4n) is 5.75. The predicted molar refractivity (Wildman–Crippen MR) is 157 cm³/mol. The Hall–Kier alpha value is -4.01. The van der Waals surface area contributed by atoms with Crippen molar-refractivity contribution in [3.8, 4) is 0 Å². The van der Waals surface area contributed by atoms with Gasteiger partial charge in [-0.2, -0.15) is 0 Å². The fourth-order valence-corrected chi connectivity index (χ4v) is 5.75. The molecule has 0 bridgehead atoms. The zero-order chi connectivity index (χ0) is 26.5. The summed E-state index contributed by atoms with van der Waals surface area (Å²) in [6.45, 7) is 4.15. The summed E-state index contributed by atoms with van der Waals surface area (Å²) >= 11 is 0. The molecule has 0 spiro atoms. The number of ketones is 1. The first kappa shape index (κ1) is 25.6. The number of hydrogen-bond acceptors (Lipinski definition) is 2. The molecule has 1 aliphatic carbocycles. The number of allylic oxidation sites excluding steroid dienone is 1. The maximum Gasteiger partial charge on any atom is 0.162 e. The van der Waals surface area contributed by atoms with Crippen LogP contribution >= 0.6 is 0 Å². The van der Waals surface area contributed by atoms with Crippen LogP contribution in [0.15, 0.2) is 121 Å². The van der Waals surface area contributed by atoms with Gasteiger partial charge in [-0.1, -0.05) is 139 Å². The van der Waals surface area contributed by atoms with Gasteiger partial charge in [0.15, 0.2) is 5.78 Å². The molecule has 38 heavy (non-hydrogen) atoms. The van der Waals surface area contributed by atoms with Gasteiger partial charge in [0.05, 0.1) is 11.5 Å². The molecule has 0 saturated heterocycles. The number of benzene rings is 4. The molecule has 0 unspecified atom stereocenters. The maximum atomic E-state index is 14.0. The van der Waals surface area contributed by atoms with E-state index in [1.165, 1.54) is 11.1 Å². The normalized spacial score (nSPS) is 23.3. The molecule has 0 amide bonds. The summed E-state index contributed by atoms with van der Waals surface area (Å²) in [4.78, 5) is 14.0. The summed E-state index contributed by atoms with van der Waals surface area (Å²) in [7, 11) is 0. The molecule has 2 heteroatoms. The van der Waals surface area contributed by atoms with E-state index in [0.717, 1.165) is 22.3 Å². The molecular formula is C36H34O2. The summed E-state index contributed by atoms with van der Waals surface area (Å²) in [5.74, 6) is -0.870. The summed E-state index contributed by atoms with van der Waals surface area (Å²) in [5.41, 5.74) is 5.24. The third kappa shape index (κ3) is 5.61. The minimum Gasteiger partial charge on any atom is -0.385 e. The molecule has 1 N–H and O–H groups in total. The Balaban J connectivity index is 1.62. The molecule has 4 atom stereocenters. The Kier molecular flexibility index (Phi) is 7.53. The Morgan fingerprint density at radius 1 is 0.711 bits per heavy atom. The van der Waals surface area contributed by atoms with Crippen molar-refractivity contribution in [3.63, 3.8) is 0 Å². The van der Waals surface area contributed by atoms with Crippen LogP contribution in [0.4, 0.5) is 0 Å². The first-order valence-corrected chi connectivity index (χ1v) is 13.3. The summed E-state index contributed by atoms with van der Waals surface area (Å²) in [6.07, 6.45) is 7.78. The average molecular weight is 499 g/mol. The zero-order valence-corrected chi connectivity index (χ0v) is 22.0. The monoisotopic (exact) mass is 498 g/mol. The van der Waals surface area contributed by atoms with Crippen LogP contribution in [0.5, 0.6) is 0 Å². The lowest BCUT2D eigenvalue weighted by atomic mass is 9.76. The van der Waals surface area contributed by atoms with Crippen molar-refractivity contribution in [2.24, 2.45) is 5.92 Å². The van der Waals surface area contributed by atoms with Crippen molar-refractivity contribution in [3.05, 3.63) is 155 Å². The Morgan fingerprint density at radius 3 is 1.76 bits per heavy atom. The van der Waals surface area contributed by atoms with Gasteiger partial charge in [0.2, 0.25) is 0 Å². The van der Waals surface area contributed by atoms with E-state index in [1.807, 2.05) is 78.9 Å². The maximum absolute atomic E-state index is 14.0. The SMILES string of the molecule is Cc1ccc([C@@H]2[C@@H](c3ccc(C)cc3)C[C@](O)(/C=C/c3ccccc3)[C@H]2C(=O)/C=C/c2ccccc2)cc1. The molecule has 4 aromatic carbocycles. The molecule has 0 aromatic heterocycles. The highest BCUT2D eigenvalue weighted by Crippen LogP contribution is 2.55. The molecule has 190 valence electrons. The van der Waals surface area contributed by atoms with Crippen LogP contribution in [-0.2, 0) is 4.79 Å². The molecule has 1 fully saturated rings. The Labute approximate surface area is 226 Å². The number of carbonyl (C=O) groups is 1. The van der Waals surface area contributed by atoms with Crippen LogP contribution in [0.1, 0.15) is 51.6 Å². The number of rotatable bonds is 7. The fraction of sp³-hybridized carbons (Fsp3) is 0.194. The number of aliphatic hydroxyl groups is 1. The van der Waals surface area contributed by atoms with Gasteiger partial charge in [-0.05, 0) is 54.5 Å². The van der Waals surface area contributed by atoms with Crippen LogP contribution in [-0.4, -0.2) is 16.5 Å². The highest BCUT2D eigenvalue weighted by atomic mass is 16.3. The van der Waals surface area contributed by atoms with E-state index in [2.05, 4.69) is 62.4 Å². The van der Waals surface area contributed by atoms with Crippen molar-refractivity contribution in [1.82, 2.24) is 0 Å². The van der Waals surface area contributed by atoms with Gasteiger partial charge in [-0.3, -0.25) is 4.79 Å². The van der Waals surface area contributed by atoms with E-state index in [4.69, 9.17) is 0 Å². The molecule has 1 saturated carbocycles. The lowest BCUT2D eigenvalue weighted by Gasteiger charge is -2.29. The number of carbonyl (C=O) groups excluding carboxylic acids is 1. The largest absolute Gasteiger partial charge is 0.385 e. The second kappa shape index (κ2) is 11.2. The standard InChI is InChI=1S/C36H34O2/c1-26-13-18-30(19-14-26)32-25-36(38,24-23-29-11-7-4-8-12-29)35(34(32)31-20-15-27(2)16-21-31)33(37)22-17-28-9-5-3-6-10-28/h3-24,32,34-35,38H,25H2,1-2H3/b22-17+,24-23+/t32-,34-,35+,36-/m1/s1. The summed E-state index contributed by atoms with van der Waals surface area (Å²) in [5, 5.41) is 12.3. The van der Waals surface area contributed by atoms with Gasteiger partial charge in [0, 0.05) is 5.92 Å². The van der Waals surface area contributed by atoms with E-state index in [9.17, 15) is 9.90 Å². The molecule has 0 heterocycles. The average Bonchev–Trinajstić information content (AvgIpc) is 3.26. The third-order valence-electron chi connectivity index (χ3n) is 7.76. The topological polar surface area (TPSA) is 37.3 Å². The van der Waals surface area contributed by atoms with Gasteiger partial charge >= 0.3 is 0 Å². The quantitative estimate of drug-likeness (QED) is 0.263. The highest BCUT2D eigenvalue weighted by Gasteiger charge is 2.54. The van der Waals surface area contributed by atoms with Crippen molar-refractivity contribution in [2.75, 3.05) is 0 Å². The lowest BCUT2D eigenvalue weighted by molar-refractivity contribution is -0.123. The van der Waals surface area contributed by atoms with E-state index in [0.29, 0.717) is 6.42 Å². The smallest absolute Gasteiger partial charge is 0.162 e. The first-order valence-electron chi connectivity index (χ1n) is 13.3. The van der Waals surface area contributed by atoms with Gasteiger partial charge in [-0.25, -0.2) is 0 Å². The lowest BCUT2D eigenvalue weighted by Crippen LogP contribution is -2.37. The Morgan fingerprint density at radius 2 is 1.21 bits per heavy atom.